The third kappa shape index (κ3) is 3.59. The predicted octanol–water partition coefficient (Wildman–Crippen LogP) is 1.30. The van der Waals surface area contributed by atoms with Gasteiger partial charge in [-0.3, -0.25) is 4.79 Å². The second-order valence-corrected chi connectivity index (χ2v) is 3.86. The molecule has 0 aliphatic heterocycles. The first kappa shape index (κ1) is 13.7. The summed E-state index contributed by atoms with van der Waals surface area (Å²) in [5.74, 6) is -1.24. The Morgan fingerprint density at radius 1 is 1.39 bits per heavy atom. The molecule has 1 amide bonds. The lowest BCUT2D eigenvalue weighted by atomic mass is 10.0. The second kappa shape index (κ2) is 6.40. The van der Waals surface area contributed by atoms with Crippen LogP contribution in [0.25, 0.3) is 0 Å². The second-order valence-electron chi connectivity index (χ2n) is 3.86. The number of hydrogen-bond donors (Lipinski definition) is 1. The highest BCUT2D eigenvalue weighted by Gasteiger charge is 2.14. The number of aromatic carboxylic acids is 1. The summed E-state index contributed by atoms with van der Waals surface area (Å²) in [6.07, 6.45) is 0.299. The molecule has 1 aromatic carbocycles. The smallest absolute Gasteiger partial charge is 0.335 e. The first-order valence-corrected chi connectivity index (χ1v) is 5.48. The number of amides is 1. The van der Waals surface area contributed by atoms with Crippen molar-refractivity contribution in [3.8, 4) is 6.07 Å². The fourth-order valence-electron chi connectivity index (χ4n) is 1.52. The number of carboxylic acids is 1. The maximum atomic E-state index is 11.8. The van der Waals surface area contributed by atoms with Gasteiger partial charge in [0.15, 0.2) is 0 Å². The fourth-order valence-corrected chi connectivity index (χ4v) is 1.52. The van der Waals surface area contributed by atoms with E-state index in [4.69, 9.17) is 10.4 Å². The van der Waals surface area contributed by atoms with Gasteiger partial charge in [0.1, 0.15) is 0 Å². The van der Waals surface area contributed by atoms with Crippen molar-refractivity contribution in [3.05, 3.63) is 35.4 Å². The predicted molar refractivity (Wildman–Crippen MR) is 65.0 cm³/mol. The summed E-state index contributed by atoms with van der Waals surface area (Å²) in [6.45, 7) is 0.352. The third-order valence-corrected chi connectivity index (χ3v) is 2.57. The van der Waals surface area contributed by atoms with Crippen LogP contribution < -0.4 is 0 Å². The Bertz CT molecular complexity index is 491. The van der Waals surface area contributed by atoms with Crippen LogP contribution in [0.15, 0.2) is 24.3 Å². The van der Waals surface area contributed by atoms with Crippen LogP contribution in [-0.4, -0.2) is 35.5 Å². The van der Waals surface area contributed by atoms with Crippen molar-refractivity contribution in [3.63, 3.8) is 0 Å². The number of rotatable bonds is 5. The Labute approximate surface area is 105 Å². The average molecular weight is 246 g/mol. The number of nitriles is 1. The molecule has 0 aliphatic rings. The zero-order valence-corrected chi connectivity index (χ0v) is 10.1. The molecular weight excluding hydrogens is 232 g/mol. The van der Waals surface area contributed by atoms with E-state index in [0.29, 0.717) is 12.1 Å². The van der Waals surface area contributed by atoms with Crippen LogP contribution in [0.4, 0.5) is 0 Å². The van der Waals surface area contributed by atoms with Crippen molar-refractivity contribution in [2.75, 3.05) is 13.6 Å². The van der Waals surface area contributed by atoms with Gasteiger partial charge in [0.05, 0.1) is 24.5 Å². The lowest BCUT2D eigenvalue weighted by Crippen LogP contribution is -2.29. The van der Waals surface area contributed by atoms with Crippen molar-refractivity contribution in [2.45, 2.75) is 12.8 Å². The molecule has 0 atom stereocenters. The van der Waals surface area contributed by atoms with Gasteiger partial charge in [-0.15, -0.1) is 0 Å². The quantitative estimate of drug-likeness (QED) is 0.849. The third-order valence-electron chi connectivity index (χ3n) is 2.57. The summed E-state index contributed by atoms with van der Waals surface area (Å²) < 4.78 is 0. The van der Waals surface area contributed by atoms with Gasteiger partial charge >= 0.3 is 5.97 Å². The van der Waals surface area contributed by atoms with E-state index in [1.54, 1.807) is 25.2 Å². The van der Waals surface area contributed by atoms with Gasteiger partial charge in [0, 0.05) is 13.6 Å². The summed E-state index contributed by atoms with van der Waals surface area (Å²) in [4.78, 5) is 24.2. The van der Waals surface area contributed by atoms with Crippen molar-refractivity contribution in [1.82, 2.24) is 4.90 Å². The van der Waals surface area contributed by atoms with E-state index in [1.807, 2.05) is 6.07 Å². The van der Waals surface area contributed by atoms with Crippen LogP contribution in [0.3, 0.4) is 0 Å². The van der Waals surface area contributed by atoms with Gasteiger partial charge in [-0.2, -0.15) is 5.26 Å². The van der Waals surface area contributed by atoms with Gasteiger partial charge < -0.3 is 10.0 Å². The number of carbonyl (C=O) groups excluding carboxylic acids is 1. The highest BCUT2D eigenvalue weighted by molar-refractivity contribution is 5.91. The number of carboxylic acid groups (broad SMARTS) is 1. The number of carbonyl (C=O) groups is 2. The van der Waals surface area contributed by atoms with Crippen LogP contribution >= 0.6 is 0 Å². The molecule has 0 saturated carbocycles. The van der Waals surface area contributed by atoms with E-state index >= 15 is 0 Å². The van der Waals surface area contributed by atoms with E-state index in [9.17, 15) is 9.59 Å². The zero-order valence-electron chi connectivity index (χ0n) is 10.1. The first-order chi connectivity index (χ1) is 8.56. The maximum Gasteiger partial charge on any atom is 0.335 e. The molecule has 18 heavy (non-hydrogen) atoms. The molecule has 0 aliphatic carbocycles. The maximum absolute atomic E-state index is 11.8. The van der Waals surface area contributed by atoms with Crippen molar-refractivity contribution >= 4 is 11.9 Å². The highest BCUT2D eigenvalue weighted by atomic mass is 16.4. The molecule has 0 unspecified atom stereocenters. The van der Waals surface area contributed by atoms with Crippen LogP contribution in [0.1, 0.15) is 22.3 Å². The highest BCUT2D eigenvalue weighted by Crippen LogP contribution is 2.10. The topological polar surface area (TPSA) is 81.4 Å². The Morgan fingerprint density at radius 3 is 2.67 bits per heavy atom. The molecule has 0 spiro atoms. The SMILES string of the molecule is CN(CCC#N)C(=O)Cc1ccccc1C(=O)O. The lowest BCUT2D eigenvalue weighted by Gasteiger charge is -2.16. The molecule has 0 fully saturated rings. The number of benzene rings is 1. The van der Waals surface area contributed by atoms with E-state index in [-0.39, 0.29) is 24.3 Å². The van der Waals surface area contributed by atoms with E-state index in [1.165, 1.54) is 11.0 Å². The van der Waals surface area contributed by atoms with Gasteiger partial charge in [0.2, 0.25) is 5.91 Å². The number of hydrogen-bond acceptors (Lipinski definition) is 3. The normalized spacial score (nSPS) is 9.56. The van der Waals surface area contributed by atoms with Crippen LogP contribution in [0, 0.1) is 11.3 Å². The minimum Gasteiger partial charge on any atom is -0.478 e. The summed E-state index contributed by atoms with van der Waals surface area (Å²) in [5.41, 5.74) is 0.623. The van der Waals surface area contributed by atoms with Crippen LogP contribution in [0.5, 0.6) is 0 Å². The summed E-state index contributed by atoms with van der Waals surface area (Å²) in [6, 6.07) is 8.38. The monoisotopic (exact) mass is 246 g/mol. The molecule has 0 heterocycles. The fraction of sp³-hybridized carbons (Fsp3) is 0.308. The molecule has 0 bridgehead atoms. The molecule has 1 N–H and O–H groups in total. The molecule has 0 saturated heterocycles. The molecule has 94 valence electrons. The Balaban J connectivity index is 2.76. The first-order valence-electron chi connectivity index (χ1n) is 5.48. The van der Waals surface area contributed by atoms with Gasteiger partial charge in [-0.05, 0) is 11.6 Å². The van der Waals surface area contributed by atoms with E-state index in [0.717, 1.165) is 0 Å². The molecule has 1 rings (SSSR count). The molecule has 5 heteroatoms. The Kier molecular flexibility index (Phi) is 4.88. The summed E-state index contributed by atoms with van der Waals surface area (Å²) in [5, 5.41) is 17.4. The minimum absolute atomic E-state index is 0.0321. The van der Waals surface area contributed by atoms with Crippen molar-refractivity contribution < 1.29 is 14.7 Å². The van der Waals surface area contributed by atoms with Gasteiger partial charge in [0.25, 0.3) is 0 Å². The van der Waals surface area contributed by atoms with Gasteiger partial charge in [-0.25, -0.2) is 4.79 Å². The van der Waals surface area contributed by atoms with Crippen molar-refractivity contribution in [1.29, 1.82) is 5.26 Å². The zero-order chi connectivity index (χ0) is 13.5. The van der Waals surface area contributed by atoms with Crippen LogP contribution in [-0.2, 0) is 11.2 Å². The van der Waals surface area contributed by atoms with Crippen molar-refractivity contribution in [2.24, 2.45) is 0 Å². The molecule has 0 aromatic heterocycles. The van der Waals surface area contributed by atoms with E-state index < -0.39 is 5.97 Å². The number of nitrogens with zero attached hydrogens (tertiary/aromatic N) is 2. The van der Waals surface area contributed by atoms with Crippen LogP contribution in [0.2, 0.25) is 0 Å². The summed E-state index contributed by atoms with van der Waals surface area (Å²) >= 11 is 0. The molecule has 0 radical (unpaired) electrons. The molecule has 1 aromatic rings. The minimum atomic E-state index is -1.04. The molecular formula is C13H14N2O3. The number of likely N-dealkylation sites (N-methyl/N-ethyl adjacent to an activating group) is 1. The largest absolute Gasteiger partial charge is 0.478 e. The average Bonchev–Trinajstić information content (AvgIpc) is 2.36. The van der Waals surface area contributed by atoms with E-state index in [2.05, 4.69) is 0 Å². The Hall–Kier alpha value is -2.35. The Morgan fingerprint density at radius 2 is 2.06 bits per heavy atom. The standard InChI is InChI=1S/C13H14N2O3/c1-15(8-4-7-14)12(16)9-10-5-2-3-6-11(10)13(17)18/h2-3,5-6H,4,8-9H2,1H3,(H,17,18). The summed E-state index contributed by atoms with van der Waals surface area (Å²) in [7, 11) is 1.60. The lowest BCUT2D eigenvalue weighted by molar-refractivity contribution is -0.129. The van der Waals surface area contributed by atoms with Gasteiger partial charge in [-0.1, -0.05) is 18.2 Å². The molecule has 5 nitrogen and oxygen atoms in total.